The molecule has 0 aliphatic carbocycles. The van der Waals surface area contributed by atoms with E-state index in [0.717, 1.165) is 0 Å². The van der Waals surface area contributed by atoms with Crippen LogP contribution in [0.2, 0.25) is 0 Å². The first-order valence-electron chi connectivity index (χ1n) is 8.00. The number of benzene rings is 2. The van der Waals surface area contributed by atoms with Gasteiger partial charge in [0.2, 0.25) is 5.91 Å². The number of cyclic esters (lactones) is 1. The Morgan fingerprint density at radius 1 is 1.35 bits per heavy atom. The number of anilines is 1. The predicted octanol–water partition coefficient (Wildman–Crippen LogP) is 2.83. The molecule has 7 heteroatoms. The molecule has 6 nitrogen and oxygen atoms in total. The summed E-state index contributed by atoms with van der Waals surface area (Å²) in [5, 5.41) is 11.4. The summed E-state index contributed by atoms with van der Waals surface area (Å²) in [7, 11) is 0. The number of ether oxygens (including phenoxy) is 1. The first-order valence-corrected chi connectivity index (χ1v) is 8.00. The van der Waals surface area contributed by atoms with Crippen molar-refractivity contribution in [2.75, 3.05) is 18.0 Å². The van der Waals surface area contributed by atoms with Crippen LogP contribution >= 0.6 is 0 Å². The molecule has 2 aromatic carbocycles. The van der Waals surface area contributed by atoms with Crippen LogP contribution in [0, 0.1) is 17.1 Å². The van der Waals surface area contributed by atoms with E-state index in [9.17, 15) is 14.0 Å². The number of nitriles is 1. The standard InChI is InChI=1S/C19H16FN3O3/c1-12(24)22-10-16-11-23(19(25)26-16)15-6-7-17(18(20)8-15)14-4-2-13(9-21)3-5-14/h2-8,16H,10-11H2,1H3,(H,22,24)/t16-/m0/s1. The average Bonchev–Trinajstić information content (AvgIpc) is 3.01. The number of nitrogens with zero attached hydrogens (tertiary/aromatic N) is 2. The number of rotatable bonds is 4. The summed E-state index contributed by atoms with van der Waals surface area (Å²) in [5.74, 6) is -0.692. The summed E-state index contributed by atoms with van der Waals surface area (Å²) in [6.45, 7) is 1.82. The van der Waals surface area contributed by atoms with Crippen LogP contribution in [0.4, 0.5) is 14.9 Å². The Bertz CT molecular complexity index is 890. The third kappa shape index (κ3) is 3.64. The van der Waals surface area contributed by atoms with E-state index in [2.05, 4.69) is 5.32 Å². The maximum absolute atomic E-state index is 14.5. The van der Waals surface area contributed by atoms with Crippen LogP contribution in [0.5, 0.6) is 0 Å². The molecule has 1 heterocycles. The second-order valence-electron chi connectivity index (χ2n) is 5.91. The lowest BCUT2D eigenvalue weighted by atomic mass is 10.0. The summed E-state index contributed by atoms with van der Waals surface area (Å²) in [5.41, 5.74) is 1.90. The molecule has 26 heavy (non-hydrogen) atoms. The van der Waals surface area contributed by atoms with Crippen LogP contribution in [0.1, 0.15) is 12.5 Å². The van der Waals surface area contributed by atoms with Crippen LogP contribution in [-0.2, 0) is 9.53 Å². The molecule has 1 saturated heterocycles. The Balaban J connectivity index is 1.78. The van der Waals surface area contributed by atoms with Crippen LogP contribution in [0.3, 0.4) is 0 Å². The van der Waals surface area contributed by atoms with Gasteiger partial charge in [0.25, 0.3) is 0 Å². The van der Waals surface area contributed by atoms with Gasteiger partial charge in [0.15, 0.2) is 0 Å². The van der Waals surface area contributed by atoms with Gasteiger partial charge in [0, 0.05) is 12.5 Å². The molecule has 1 N–H and O–H groups in total. The maximum atomic E-state index is 14.5. The molecule has 132 valence electrons. The maximum Gasteiger partial charge on any atom is 0.414 e. The summed E-state index contributed by atoms with van der Waals surface area (Å²) >= 11 is 0. The molecular formula is C19H16FN3O3. The molecule has 1 aliphatic rings. The minimum Gasteiger partial charge on any atom is -0.442 e. The van der Waals surface area contributed by atoms with Crippen molar-refractivity contribution >= 4 is 17.7 Å². The Hall–Kier alpha value is -3.40. The summed E-state index contributed by atoms with van der Waals surface area (Å²) in [4.78, 5) is 24.3. The smallest absolute Gasteiger partial charge is 0.414 e. The number of carbonyl (C=O) groups excluding carboxylic acids is 2. The van der Waals surface area contributed by atoms with Gasteiger partial charge >= 0.3 is 6.09 Å². The molecule has 2 aromatic rings. The van der Waals surface area contributed by atoms with Gasteiger partial charge < -0.3 is 10.1 Å². The minimum atomic E-state index is -0.578. The molecule has 0 radical (unpaired) electrons. The first-order chi connectivity index (χ1) is 12.5. The Labute approximate surface area is 149 Å². The first kappa shape index (κ1) is 17.4. The van der Waals surface area contributed by atoms with Crippen molar-refractivity contribution in [1.82, 2.24) is 5.32 Å². The van der Waals surface area contributed by atoms with E-state index in [1.54, 1.807) is 36.4 Å². The number of halogens is 1. The van der Waals surface area contributed by atoms with Crippen molar-refractivity contribution in [3.63, 3.8) is 0 Å². The second kappa shape index (κ2) is 7.23. The highest BCUT2D eigenvalue weighted by Crippen LogP contribution is 2.29. The Kier molecular flexibility index (Phi) is 4.85. The summed E-state index contributed by atoms with van der Waals surface area (Å²) < 4.78 is 19.7. The van der Waals surface area contributed by atoms with E-state index in [1.807, 2.05) is 6.07 Å². The molecule has 1 aliphatic heterocycles. The van der Waals surface area contributed by atoms with Crippen LogP contribution < -0.4 is 10.2 Å². The van der Waals surface area contributed by atoms with E-state index in [1.165, 1.54) is 17.9 Å². The largest absolute Gasteiger partial charge is 0.442 e. The number of hydrogen-bond acceptors (Lipinski definition) is 4. The molecular weight excluding hydrogens is 337 g/mol. The van der Waals surface area contributed by atoms with Crippen LogP contribution in [0.15, 0.2) is 42.5 Å². The molecule has 2 amide bonds. The molecule has 0 aromatic heterocycles. The lowest BCUT2D eigenvalue weighted by Crippen LogP contribution is -2.33. The Morgan fingerprint density at radius 3 is 2.69 bits per heavy atom. The number of nitrogens with one attached hydrogen (secondary N) is 1. The SMILES string of the molecule is CC(=O)NC[C@H]1CN(c2ccc(-c3ccc(C#N)cc3)c(F)c2)C(=O)O1. The average molecular weight is 353 g/mol. The molecule has 0 bridgehead atoms. The lowest BCUT2D eigenvalue weighted by Gasteiger charge is -2.14. The van der Waals surface area contributed by atoms with E-state index in [4.69, 9.17) is 10.00 Å². The minimum absolute atomic E-state index is 0.211. The number of hydrogen-bond donors (Lipinski definition) is 1. The summed E-state index contributed by atoms with van der Waals surface area (Å²) in [6.07, 6.45) is -1.06. The predicted molar refractivity (Wildman–Crippen MR) is 92.8 cm³/mol. The van der Waals surface area contributed by atoms with Gasteiger partial charge in [-0.25, -0.2) is 9.18 Å². The van der Waals surface area contributed by atoms with Crippen molar-refractivity contribution in [2.45, 2.75) is 13.0 Å². The normalized spacial score (nSPS) is 16.1. The summed E-state index contributed by atoms with van der Waals surface area (Å²) in [6, 6.07) is 13.1. The molecule has 1 fully saturated rings. The van der Waals surface area contributed by atoms with Crippen LogP contribution in [-0.4, -0.2) is 31.2 Å². The van der Waals surface area contributed by atoms with Crippen molar-refractivity contribution in [1.29, 1.82) is 5.26 Å². The zero-order valence-electron chi connectivity index (χ0n) is 14.0. The fourth-order valence-electron chi connectivity index (χ4n) is 2.73. The van der Waals surface area contributed by atoms with E-state index in [0.29, 0.717) is 22.4 Å². The molecule has 1 atom stereocenters. The van der Waals surface area contributed by atoms with Gasteiger partial charge in [-0.05, 0) is 35.9 Å². The highest BCUT2D eigenvalue weighted by molar-refractivity contribution is 5.90. The monoisotopic (exact) mass is 353 g/mol. The number of amides is 2. The van der Waals surface area contributed by atoms with Gasteiger partial charge in [-0.15, -0.1) is 0 Å². The highest BCUT2D eigenvalue weighted by Gasteiger charge is 2.32. The zero-order chi connectivity index (χ0) is 18.7. The van der Waals surface area contributed by atoms with Gasteiger partial charge in [0.1, 0.15) is 11.9 Å². The van der Waals surface area contributed by atoms with E-state index < -0.39 is 18.0 Å². The van der Waals surface area contributed by atoms with Gasteiger partial charge in [-0.1, -0.05) is 12.1 Å². The van der Waals surface area contributed by atoms with Gasteiger partial charge in [-0.3, -0.25) is 9.69 Å². The van der Waals surface area contributed by atoms with Crippen molar-refractivity contribution in [3.05, 3.63) is 53.8 Å². The fourth-order valence-corrected chi connectivity index (χ4v) is 2.73. The molecule has 0 saturated carbocycles. The third-order valence-corrected chi connectivity index (χ3v) is 4.04. The quantitative estimate of drug-likeness (QED) is 0.916. The topological polar surface area (TPSA) is 82.4 Å². The van der Waals surface area contributed by atoms with Crippen LogP contribution in [0.25, 0.3) is 11.1 Å². The van der Waals surface area contributed by atoms with Crippen molar-refractivity contribution in [3.8, 4) is 17.2 Å². The van der Waals surface area contributed by atoms with Crippen molar-refractivity contribution in [2.24, 2.45) is 0 Å². The van der Waals surface area contributed by atoms with Gasteiger partial charge in [-0.2, -0.15) is 5.26 Å². The number of carbonyl (C=O) groups is 2. The lowest BCUT2D eigenvalue weighted by molar-refractivity contribution is -0.119. The van der Waals surface area contributed by atoms with Gasteiger partial charge in [0.05, 0.1) is 30.4 Å². The highest BCUT2D eigenvalue weighted by atomic mass is 19.1. The molecule has 0 spiro atoms. The van der Waals surface area contributed by atoms with E-state index in [-0.39, 0.29) is 19.0 Å². The molecule has 0 unspecified atom stereocenters. The third-order valence-electron chi connectivity index (χ3n) is 4.04. The van der Waals surface area contributed by atoms with E-state index >= 15 is 0 Å². The second-order valence-corrected chi connectivity index (χ2v) is 5.91. The zero-order valence-corrected chi connectivity index (χ0v) is 14.0. The molecule has 3 rings (SSSR count). The fraction of sp³-hybridized carbons (Fsp3) is 0.211. The van der Waals surface area contributed by atoms with Crippen molar-refractivity contribution < 1.29 is 18.7 Å². The Morgan fingerprint density at radius 2 is 2.08 bits per heavy atom.